The van der Waals surface area contributed by atoms with Crippen LogP contribution in [0, 0.1) is 6.92 Å². The van der Waals surface area contributed by atoms with Gasteiger partial charge in [0.15, 0.2) is 0 Å². The van der Waals surface area contributed by atoms with Crippen LogP contribution < -0.4 is 9.46 Å². The van der Waals surface area contributed by atoms with E-state index in [0.29, 0.717) is 34.3 Å². The molecular weight excluding hydrogens is 440 g/mol. The van der Waals surface area contributed by atoms with Crippen molar-refractivity contribution in [3.63, 3.8) is 0 Å². The van der Waals surface area contributed by atoms with Gasteiger partial charge in [-0.25, -0.2) is 8.42 Å². The van der Waals surface area contributed by atoms with Gasteiger partial charge in [0, 0.05) is 18.0 Å². The molecule has 1 fully saturated rings. The third-order valence-corrected chi connectivity index (χ3v) is 7.63. The fourth-order valence-corrected chi connectivity index (χ4v) is 5.99. The Kier molecular flexibility index (Phi) is 5.96. The lowest BCUT2D eigenvalue weighted by Crippen LogP contribution is -2.35. The van der Waals surface area contributed by atoms with Gasteiger partial charge in [-0.3, -0.25) is 9.52 Å². The van der Waals surface area contributed by atoms with Gasteiger partial charge in [0.2, 0.25) is 0 Å². The molecule has 4 rings (SSSR count). The molecule has 31 heavy (non-hydrogen) atoms. The molecule has 1 amide bonds. The number of hydrogen-bond donors (Lipinski definition) is 1. The molecule has 11 heteroatoms. The van der Waals surface area contributed by atoms with Gasteiger partial charge in [0.25, 0.3) is 15.9 Å². The molecule has 1 aliphatic heterocycles. The van der Waals surface area contributed by atoms with Crippen molar-refractivity contribution in [3.05, 3.63) is 41.1 Å². The fourth-order valence-electron chi connectivity index (χ4n) is 3.41. The number of sulfonamides is 1. The average Bonchev–Trinajstić information content (AvgIpc) is 3.41. The van der Waals surface area contributed by atoms with Gasteiger partial charge in [-0.15, -0.1) is 21.5 Å². The normalized spacial score (nSPS) is 14.5. The van der Waals surface area contributed by atoms with E-state index in [1.807, 2.05) is 0 Å². The first-order chi connectivity index (χ1) is 14.9. The van der Waals surface area contributed by atoms with Gasteiger partial charge in [-0.1, -0.05) is 12.1 Å². The van der Waals surface area contributed by atoms with Crippen LogP contribution in [0.15, 0.2) is 39.6 Å². The number of benzene rings is 1. The Morgan fingerprint density at radius 1 is 1.19 bits per heavy atom. The highest BCUT2D eigenvalue weighted by Gasteiger charge is 2.26. The Hall–Kier alpha value is -2.92. The smallest absolute Gasteiger partial charge is 0.311 e. The monoisotopic (exact) mass is 462 g/mol. The highest BCUT2D eigenvalue weighted by atomic mass is 32.2. The van der Waals surface area contributed by atoms with Crippen LogP contribution in [-0.4, -0.2) is 49.6 Å². The number of piperidine rings is 1. The number of nitrogens with zero attached hydrogens (tertiary/aromatic N) is 3. The lowest BCUT2D eigenvalue weighted by molar-refractivity contribution is 0.0684. The quantitative estimate of drug-likeness (QED) is 0.596. The van der Waals surface area contributed by atoms with E-state index in [1.54, 1.807) is 36.1 Å². The molecule has 9 nitrogen and oxygen atoms in total. The number of carbonyl (C=O) groups excluding carboxylic acids is 1. The zero-order valence-electron chi connectivity index (χ0n) is 17.1. The predicted octanol–water partition coefficient (Wildman–Crippen LogP) is 3.54. The number of nitrogens with one attached hydrogen (secondary N) is 1. The van der Waals surface area contributed by atoms with Crippen molar-refractivity contribution in [2.45, 2.75) is 31.1 Å². The Balaban J connectivity index is 1.58. The number of aromatic nitrogens is 2. The Labute approximate surface area is 184 Å². The maximum atomic E-state index is 13.0. The van der Waals surface area contributed by atoms with Gasteiger partial charge in [0.05, 0.1) is 17.7 Å². The van der Waals surface area contributed by atoms with Gasteiger partial charge in [-0.05, 0) is 44.4 Å². The van der Waals surface area contributed by atoms with E-state index >= 15 is 0 Å². The largest absolute Gasteiger partial charge is 0.495 e. The number of ether oxygens (including phenoxy) is 1. The maximum Gasteiger partial charge on any atom is 0.311 e. The molecular formula is C20H22N4O5S2. The van der Waals surface area contributed by atoms with Crippen LogP contribution in [0.4, 0.5) is 5.69 Å². The SMILES string of the molecule is COc1ccccc1NS(=O)(=O)c1cc(-c2nnc(C(=O)N3CCCCC3)o2)sc1C. The summed E-state index contributed by atoms with van der Waals surface area (Å²) in [5.41, 5.74) is 0.337. The second-order valence-electron chi connectivity index (χ2n) is 7.10. The van der Waals surface area contributed by atoms with Crippen molar-refractivity contribution in [1.82, 2.24) is 15.1 Å². The van der Waals surface area contributed by atoms with Crippen molar-refractivity contribution in [3.8, 4) is 16.5 Å². The van der Waals surface area contributed by atoms with Gasteiger partial charge in [0.1, 0.15) is 10.6 Å². The second-order valence-corrected chi connectivity index (χ2v) is 10.0. The van der Waals surface area contributed by atoms with E-state index in [4.69, 9.17) is 9.15 Å². The van der Waals surface area contributed by atoms with Crippen molar-refractivity contribution < 1.29 is 22.4 Å². The summed E-state index contributed by atoms with van der Waals surface area (Å²) < 4.78 is 39.3. The van der Waals surface area contributed by atoms with Crippen molar-refractivity contribution >= 4 is 33.0 Å². The number of likely N-dealkylation sites (tertiary alicyclic amines) is 1. The highest BCUT2D eigenvalue weighted by Crippen LogP contribution is 2.35. The van der Waals surface area contributed by atoms with Crippen LogP contribution in [0.5, 0.6) is 5.75 Å². The molecule has 0 spiro atoms. The number of amides is 1. The van der Waals surface area contributed by atoms with Crippen molar-refractivity contribution in [2.24, 2.45) is 0 Å². The number of methoxy groups -OCH3 is 1. The molecule has 0 saturated carbocycles. The minimum absolute atomic E-state index is 0.0838. The van der Waals surface area contributed by atoms with Crippen LogP contribution in [0.2, 0.25) is 0 Å². The molecule has 1 saturated heterocycles. The van der Waals surface area contributed by atoms with Gasteiger partial charge < -0.3 is 14.1 Å². The van der Waals surface area contributed by atoms with Crippen LogP contribution in [0.25, 0.3) is 10.8 Å². The van der Waals surface area contributed by atoms with E-state index in [2.05, 4.69) is 14.9 Å². The summed E-state index contributed by atoms with van der Waals surface area (Å²) in [5, 5.41) is 7.84. The van der Waals surface area contributed by atoms with E-state index in [0.717, 1.165) is 19.3 Å². The number of rotatable bonds is 6. The minimum atomic E-state index is -3.88. The first-order valence-electron chi connectivity index (χ1n) is 9.78. The Bertz CT molecular complexity index is 1200. The van der Waals surface area contributed by atoms with E-state index < -0.39 is 10.0 Å². The summed E-state index contributed by atoms with van der Waals surface area (Å²) in [6, 6.07) is 8.23. The van der Waals surface area contributed by atoms with E-state index in [1.165, 1.54) is 24.5 Å². The zero-order chi connectivity index (χ0) is 22.0. The third kappa shape index (κ3) is 4.42. The standard InChI is InChI=1S/C20H22N4O5S2/c1-13-17(31(26,27)23-14-8-4-5-9-15(14)28-2)12-16(30-13)18-21-22-19(29-18)20(25)24-10-6-3-7-11-24/h4-5,8-9,12,23H,3,6-7,10-11H2,1-2H3. The molecule has 2 aromatic heterocycles. The first-order valence-corrected chi connectivity index (χ1v) is 12.1. The molecule has 0 bridgehead atoms. The Morgan fingerprint density at radius 3 is 2.68 bits per heavy atom. The molecule has 1 N–H and O–H groups in total. The molecule has 0 unspecified atom stereocenters. The fraction of sp³-hybridized carbons (Fsp3) is 0.350. The van der Waals surface area contributed by atoms with Crippen LogP contribution in [-0.2, 0) is 10.0 Å². The molecule has 164 valence electrons. The molecule has 1 aliphatic rings. The Morgan fingerprint density at radius 2 is 1.94 bits per heavy atom. The minimum Gasteiger partial charge on any atom is -0.495 e. The number of hydrogen-bond acceptors (Lipinski definition) is 8. The lowest BCUT2D eigenvalue weighted by Gasteiger charge is -2.24. The number of para-hydroxylation sites is 2. The van der Waals surface area contributed by atoms with Crippen LogP contribution >= 0.6 is 11.3 Å². The molecule has 0 aliphatic carbocycles. The second kappa shape index (κ2) is 8.67. The predicted molar refractivity (Wildman–Crippen MR) is 116 cm³/mol. The number of anilines is 1. The molecule has 0 atom stereocenters. The van der Waals surface area contributed by atoms with Crippen molar-refractivity contribution in [1.29, 1.82) is 0 Å². The van der Waals surface area contributed by atoms with Crippen LogP contribution in [0.3, 0.4) is 0 Å². The third-order valence-electron chi connectivity index (χ3n) is 4.98. The molecule has 0 radical (unpaired) electrons. The number of carbonyl (C=O) groups is 1. The summed E-state index contributed by atoms with van der Waals surface area (Å²) in [5.74, 6) is 0.154. The first kappa shape index (κ1) is 21.3. The van der Waals surface area contributed by atoms with Gasteiger partial charge >= 0.3 is 11.8 Å². The topological polar surface area (TPSA) is 115 Å². The average molecular weight is 463 g/mol. The molecule has 1 aromatic carbocycles. The summed E-state index contributed by atoms with van der Waals surface area (Å²) in [7, 11) is -2.40. The zero-order valence-corrected chi connectivity index (χ0v) is 18.8. The van der Waals surface area contributed by atoms with Crippen molar-refractivity contribution in [2.75, 3.05) is 24.9 Å². The summed E-state index contributed by atoms with van der Waals surface area (Å²) >= 11 is 1.20. The van der Waals surface area contributed by atoms with Gasteiger partial charge in [-0.2, -0.15) is 0 Å². The molecule has 3 heterocycles. The number of aryl methyl sites for hydroxylation is 1. The highest BCUT2D eigenvalue weighted by molar-refractivity contribution is 7.93. The number of thiophene rings is 1. The summed E-state index contributed by atoms with van der Waals surface area (Å²) in [4.78, 5) is 15.4. The van der Waals surface area contributed by atoms with E-state index in [9.17, 15) is 13.2 Å². The summed E-state index contributed by atoms with van der Waals surface area (Å²) in [6.07, 6.45) is 3.02. The maximum absolute atomic E-state index is 13.0. The summed E-state index contributed by atoms with van der Waals surface area (Å²) in [6.45, 7) is 3.04. The molecule has 3 aromatic rings. The van der Waals surface area contributed by atoms with E-state index in [-0.39, 0.29) is 22.6 Å². The van der Waals surface area contributed by atoms with Crippen LogP contribution in [0.1, 0.15) is 34.8 Å². The lowest BCUT2D eigenvalue weighted by atomic mass is 10.1.